The number of rotatable bonds is 6. The van der Waals surface area contributed by atoms with Crippen molar-refractivity contribution in [1.82, 2.24) is 5.32 Å². The summed E-state index contributed by atoms with van der Waals surface area (Å²) in [6.45, 7) is 4.74. The van der Waals surface area contributed by atoms with E-state index < -0.39 is 11.9 Å². The van der Waals surface area contributed by atoms with E-state index in [0.29, 0.717) is 18.9 Å². The minimum Gasteiger partial charge on any atom is -0.481 e. The third kappa shape index (κ3) is 4.73. The summed E-state index contributed by atoms with van der Waals surface area (Å²) in [4.78, 5) is 22.6. The van der Waals surface area contributed by atoms with Gasteiger partial charge in [0.2, 0.25) is 5.91 Å². The number of carboxylic acid groups (broad SMARTS) is 1. The molecule has 0 bridgehead atoms. The highest BCUT2D eigenvalue weighted by molar-refractivity contribution is 5.81. The lowest BCUT2D eigenvalue weighted by molar-refractivity contribution is -0.142. The number of hydrogen-bond donors (Lipinski definition) is 2. The van der Waals surface area contributed by atoms with Crippen LogP contribution >= 0.6 is 0 Å². The first-order chi connectivity index (χ1) is 8.00. The number of carbonyl (C=O) groups is 2. The second kappa shape index (κ2) is 6.59. The zero-order chi connectivity index (χ0) is 12.8. The van der Waals surface area contributed by atoms with Crippen molar-refractivity contribution in [1.29, 1.82) is 0 Å². The number of nitrogens with one attached hydrogen (secondary N) is 1. The van der Waals surface area contributed by atoms with Crippen LogP contribution in [-0.2, 0) is 14.3 Å². The molecule has 0 radical (unpaired) electrons. The van der Waals surface area contributed by atoms with Gasteiger partial charge in [0.15, 0.2) is 0 Å². The van der Waals surface area contributed by atoms with Crippen molar-refractivity contribution < 1.29 is 19.4 Å². The summed E-state index contributed by atoms with van der Waals surface area (Å²) < 4.78 is 5.23. The van der Waals surface area contributed by atoms with Crippen LogP contribution in [0.5, 0.6) is 0 Å². The van der Waals surface area contributed by atoms with E-state index in [4.69, 9.17) is 9.84 Å². The molecule has 1 amide bonds. The van der Waals surface area contributed by atoms with E-state index in [1.54, 1.807) is 0 Å². The molecule has 0 saturated carbocycles. The van der Waals surface area contributed by atoms with Crippen molar-refractivity contribution >= 4 is 11.9 Å². The van der Waals surface area contributed by atoms with Gasteiger partial charge in [0.1, 0.15) is 6.10 Å². The van der Waals surface area contributed by atoms with Crippen molar-refractivity contribution in [2.45, 2.75) is 39.2 Å². The Labute approximate surface area is 102 Å². The summed E-state index contributed by atoms with van der Waals surface area (Å²) in [6.07, 6.45) is 1.81. The van der Waals surface area contributed by atoms with E-state index in [2.05, 4.69) is 5.32 Å². The molecular formula is C12H21NO4. The van der Waals surface area contributed by atoms with Crippen LogP contribution in [0.3, 0.4) is 0 Å². The van der Waals surface area contributed by atoms with Crippen LogP contribution in [0.2, 0.25) is 0 Å². The van der Waals surface area contributed by atoms with Gasteiger partial charge in [-0.1, -0.05) is 13.8 Å². The first kappa shape index (κ1) is 14.0. The zero-order valence-corrected chi connectivity index (χ0v) is 10.4. The normalized spacial score (nSPS) is 21.5. The maximum atomic E-state index is 11.6. The molecule has 17 heavy (non-hydrogen) atoms. The van der Waals surface area contributed by atoms with Crippen LogP contribution < -0.4 is 5.32 Å². The summed E-state index contributed by atoms with van der Waals surface area (Å²) in [5.41, 5.74) is 0. The average Bonchev–Trinajstić information content (AvgIpc) is 2.76. The van der Waals surface area contributed by atoms with Crippen LogP contribution in [0.1, 0.15) is 33.1 Å². The highest BCUT2D eigenvalue weighted by Crippen LogP contribution is 2.14. The van der Waals surface area contributed by atoms with Gasteiger partial charge in [-0.25, -0.2) is 0 Å². The fourth-order valence-electron chi connectivity index (χ4n) is 1.96. The Kier molecular flexibility index (Phi) is 5.41. The Hall–Kier alpha value is -1.10. The maximum Gasteiger partial charge on any atom is 0.308 e. The van der Waals surface area contributed by atoms with Gasteiger partial charge in [-0.05, 0) is 25.2 Å². The van der Waals surface area contributed by atoms with Gasteiger partial charge in [-0.15, -0.1) is 0 Å². The van der Waals surface area contributed by atoms with Gasteiger partial charge in [0.05, 0.1) is 5.92 Å². The van der Waals surface area contributed by atoms with E-state index in [0.717, 1.165) is 12.8 Å². The Morgan fingerprint density at radius 3 is 2.65 bits per heavy atom. The molecule has 5 nitrogen and oxygen atoms in total. The lowest BCUT2D eigenvalue weighted by Gasteiger charge is -2.16. The van der Waals surface area contributed by atoms with Crippen molar-refractivity contribution in [2.75, 3.05) is 13.2 Å². The Morgan fingerprint density at radius 2 is 2.18 bits per heavy atom. The highest BCUT2D eigenvalue weighted by atomic mass is 16.5. The summed E-state index contributed by atoms with van der Waals surface area (Å²) in [5, 5.41) is 11.7. The van der Waals surface area contributed by atoms with Crippen LogP contribution in [0.15, 0.2) is 0 Å². The van der Waals surface area contributed by atoms with Gasteiger partial charge in [-0.3, -0.25) is 9.59 Å². The number of carboxylic acids is 1. The van der Waals surface area contributed by atoms with Crippen molar-refractivity contribution in [3.05, 3.63) is 0 Å². The quantitative estimate of drug-likeness (QED) is 0.730. The molecule has 2 atom stereocenters. The number of aliphatic carboxylic acids is 1. The molecule has 0 aromatic carbocycles. The Morgan fingerprint density at radius 1 is 1.47 bits per heavy atom. The molecule has 1 heterocycles. The maximum absolute atomic E-state index is 11.6. The molecule has 1 unspecified atom stereocenters. The summed E-state index contributed by atoms with van der Waals surface area (Å²) in [6, 6.07) is 0. The lowest BCUT2D eigenvalue weighted by atomic mass is 9.97. The molecule has 0 aliphatic carbocycles. The molecular weight excluding hydrogens is 222 g/mol. The number of ether oxygens (including phenoxy) is 1. The standard InChI is InChI=1S/C12H21NO4/c1-8(2)6-9(12(15)16)7-13-11(14)10-4-3-5-17-10/h8-10H,3-7H2,1-2H3,(H,13,14)(H,15,16)/t9?,10-/m1/s1. The van der Waals surface area contributed by atoms with Gasteiger partial charge in [0, 0.05) is 13.2 Å². The largest absolute Gasteiger partial charge is 0.481 e. The summed E-state index contributed by atoms with van der Waals surface area (Å²) in [5.74, 6) is -1.25. The molecule has 98 valence electrons. The topological polar surface area (TPSA) is 75.6 Å². The minimum atomic E-state index is -0.855. The van der Waals surface area contributed by atoms with E-state index >= 15 is 0 Å². The van der Waals surface area contributed by atoms with Crippen molar-refractivity contribution in [3.8, 4) is 0 Å². The Bertz CT molecular complexity index is 272. The molecule has 1 rings (SSSR count). The fourth-order valence-corrected chi connectivity index (χ4v) is 1.96. The van der Waals surface area contributed by atoms with E-state index in [1.807, 2.05) is 13.8 Å². The molecule has 0 aromatic heterocycles. The molecule has 2 N–H and O–H groups in total. The van der Waals surface area contributed by atoms with E-state index in [9.17, 15) is 9.59 Å². The van der Waals surface area contributed by atoms with E-state index in [1.165, 1.54) is 0 Å². The zero-order valence-electron chi connectivity index (χ0n) is 10.4. The van der Waals surface area contributed by atoms with Crippen molar-refractivity contribution in [2.24, 2.45) is 11.8 Å². The molecule has 5 heteroatoms. The number of carbonyl (C=O) groups excluding carboxylic acids is 1. The highest BCUT2D eigenvalue weighted by Gasteiger charge is 2.25. The van der Waals surface area contributed by atoms with Gasteiger partial charge in [0.25, 0.3) is 0 Å². The predicted octanol–water partition coefficient (Wildman–Crippen LogP) is 1.03. The van der Waals surface area contributed by atoms with Crippen LogP contribution in [0.4, 0.5) is 0 Å². The lowest BCUT2D eigenvalue weighted by Crippen LogP contribution is -2.39. The number of hydrogen-bond acceptors (Lipinski definition) is 3. The van der Waals surface area contributed by atoms with E-state index in [-0.39, 0.29) is 18.6 Å². The Balaban J connectivity index is 2.35. The fraction of sp³-hybridized carbons (Fsp3) is 0.833. The molecule has 1 aliphatic heterocycles. The molecule has 1 aliphatic rings. The molecule has 0 spiro atoms. The number of amides is 1. The summed E-state index contributed by atoms with van der Waals surface area (Å²) in [7, 11) is 0. The smallest absolute Gasteiger partial charge is 0.308 e. The monoisotopic (exact) mass is 243 g/mol. The first-order valence-corrected chi connectivity index (χ1v) is 6.12. The van der Waals surface area contributed by atoms with Crippen molar-refractivity contribution in [3.63, 3.8) is 0 Å². The second-order valence-corrected chi connectivity index (χ2v) is 4.91. The second-order valence-electron chi connectivity index (χ2n) is 4.91. The minimum absolute atomic E-state index is 0.183. The molecule has 1 saturated heterocycles. The van der Waals surface area contributed by atoms with Gasteiger partial charge < -0.3 is 15.2 Å². The first-order valence-electron chi connectivity index (χ1n) is 6.12. The van der Waals surface area contributed by atoms with Crippen LogP contribution in [-0.4, -0.2) is 36.2 Å². The van der Waals surface area contributed by atoms with Crippen LogP contribution in [0.25, 0.3) is 0 Å². The third-order valence-electron chi connectivity index (χ3n) is 2.85. The molecule has 0 aromatic rings. The molecule has 1 fully saturated rings. The van der Waals surface area contributed by atoms with Crippen LogP contribution in [0, 0.1) is 11.8 Å². The predicted molar refractivity (Wildman–Crippen MR) is 62.6 cm³/mol. The SMILES string of the molecule is CC(C)CC(CNC(=O)[C@H]1CCCO1)C(=O)O. The van der Waals surface area contributed by atoms with Gasteiger partial charge >= 0.3 is 5.97 Å². The van der Waals surface area contributed by atoms with Gasteiger partial charge in [-0.2, -0.15) is 0 Å². The average molecular weight is 243 g/mol. The summed E-state index contributed by atoms with van der Waals surface area (Å²) >= 11 is 0. The third-order valence-corrected chi connectivity index (χ3v) is 2.85.